The van der Waals surface area contributed by atoms with Gasteiger partial charge in [0.05, 0.1) is 5.56 Å². The van der Waals surface area contributed by atoms with Crippen LogP contribution in [0.1, 0.15) is 98.3 Å². The first-order valence-corrected chi connectivity index (χ1v) is 10.9. The van der Waals surface area contributed by atoms with Crippen molar-refractivity contribution >= 4 is 12.0 Å². The maximum Gasteiger partial charge on any atom is 0.335 e. The van der Waals surface area contributed by atoms with Crippen molar-refractivity contribution in [3.63, 3.8) is 0 Å². The van der Waals surface area contributed by atoms with Crippen LogP contribution in [0.2, 0.25) is 0 Å². The van der Waals surface area contributed by atoms with E-state index in [0.717, 1.165) is 12.0 Å². The third kappa shape index (κ3) is 3.77. The SMILES string of the molecule is CC1(C)CCC(C)(C)c2cc(C3CCCC3=Cc3ccc(C(=O)O)cc3)ccc21. The van der Waals surface area contributed by atoms with E-state index in [1.807, 2.05) is 12.1 Å². The third-order valence-corrected chi connectivity index (χ3v) is 7.19. The Bertz CT molecular complexity index is 961. The number of carboxylic acid groups (broad SMARTS) is 1. The number of allylic oxidation sites excluding steroid dienone is 1. The standard InChI is InChI=1S/C27H32O2/c1-26(2)14-15-27(3,4)24-17-21(12-13-23(24)26)22-7-5-6-20(22)16-18-8-10-19(11-9-18)25(28)29/h8-13,16-17,22H,5-7,14-15H2,1-4H3,(H,28,29). The second-order valence-corrected chi connectivity index (χ2v) is 10.2. The molecule has 2 aliphatic carbocycles. The number of carbonyl (C=O) groups is 1. The van der Waals surface area contributed by atoms with Gasteiger partial charge in [0.2, 0.25) is 0 Å². The van der Waals surface area contributed by atoms with Crippen molar-refractivity contribution in [3.05, 3.63) is 75.9 Å². The van der Waals surface area contributed by atoms with Crippen LogP contribution in [0.5, 0.6) is 0 Å². The molecule has 0 spiro atoms. The maximum atomic E-state index is 11.1. The smallest absolute Gasteiger partial charge is 0.335 e. The molecule has 0 bridgehead atoms. The van der Waals surface area contributed by atoms with Crippen LogP contribution in [0, 0.1) is 0 Å². The molecule has 2 heteroatoms. The van der Waals surface area contributed by atoms with Gasteiger partial charge < -0.3 is 5.11 Å². The molecular weight excluding hydrogens is 356 g/mol. The van der Waals surface area contributed by atoms with Gasteiger partial charge in [-0.3, -0.25) is 0 Å². The molecule has 0 aliphatic heterocycles. The highest BCUT2D eigenvalue weighted by Gasteiger charge is 2.37. The topological polar surface area (TPSA) is 37.3 Å². The van der Waals surface area contributed by atoms with Gasteiger partial charge in [-0.1, -0.05) is 69.7 Å². The van der Waals surface area contributed by atoms with Gasteiger partial charge in [-0.15, -0.1) is 0 Å². The van der Waals surface area contributed by atoms with Crippen LogP contribution in [0.3, 0.4) is 0 Å². The summed E-state index contributed by atoms with van der Waals surface area (Å²) >= 11 is 0. The van der Waals surface area contributed by atoms with Crippen LogP contribution in [0.4, 0.5) is 0 Å². The molecular formula is C27H32O2. The highest BCUT2D eigenvalue weighted by molar-refractivity contribution is 5.87. The first kappa shape index (κ1) is 19.9. The maximum absolute atomic E-state index is 11.1. The monoisotopic (exact) mass is 388 g/mol. The molecule has 0 aromatic heterocycles. The first-order chi connectivity index (χ1) is 13.7. The highest BCUT2D eigenvalue weighted by Crippen LogP contribution is 2.48. The van der Waals surface area contributed by atoms with E-state index in [-0.39, 0.29) is 10.8 Å². The molecule has 0 amide bonds. The van der Waals surface area contributed by atoms with Crippen LogP contribution in [-0.2, 0) is 10.8 Å². The summed E-state index contributed by atoms with van der Waals surface area (Å²) in [6, 6.07) is 14.5. The average molecular weight is 389 g/mol. The van der Waals surface area contributed by atoms with Crippen molar-refractivity contribution in [1.29, 1.82) is 0 Å². The summed E-state index contributed by atoms with van der Waals surface area (Å²) < 4.78 is 0. The van der Waals surface area contributed by atoms with Crippen molar-refractivity contribution in [2.24, 2.45) is 0 Å². The molecule has 4 rings (SSSR count). The van der Waals surface area contributed by atoms with Gasteiger partial charge in [0.15, 0.2) is 0 Å². The largest absolute Gasteiger partial charge is 0.478 e. The third-order valence-electron chi connectivity index (χ3n) is 7.19. The number of aromatic carboxylic acids is 1. The zero-order chi connectivity index (χ0) is 20.8. The lowest BCUT2D eigenvalue weighted by molar-refractivity contribution is 0.0697. The Morgan fingerprint density at radius 3 is 2.28 bits per heavy atom. The Labute approximate surface area is 174 Å². The number of hydrogen-bond donors (Lipinski definition) is 1. The number of fused-ring (bicyclic) bond motifs is 1. The van der Waals surface area contributed by atoms with Crippen LogP contribution >= 0.6 is 0 Å². The van der Waals surface area contributed by atoms with Gasteiger partial charge in [0, 0.05) is 5.92 Å². The molecule has 2 aromatic rings. The van der Waals surface area contributed by atoms with E-state index >= 15 is 0 Å². The normalized spacial score (nSPS) is 23.7. The molecule has 29 heavy (non-hydrogen) atoms. The highest BCUT2D eigenvalue weighted by atomic mass is 16.4. The van der Waals surface area contributed by atoms with Crippen molar-refractivity contribution < 1.29 is 9.90 Å². The van der Waals surface area contributed by atoms with Crippen LogP contribution in [0.25, 0.3) is 6.08 Å². The molecule has 152 valence electrons. The van der Waals surface area contributed by atoms with Gasteiger partial charge in [-0.2, -0.15) is 0 Å². The molecule has 0 radical (unpaired) electrons. The van der Waals surface area contributed by atoms with E-state index in [0.29, 0.717) is 11.5 Å². The minimum absolute atomic E-state index is 0.232. The Balaban J connectivity index is 1.68. The van der Waals surface area contributed by atoms with Crippen molar-refractivity contribution in [1.82, 2.24) is 0 Å². The zero-order valence-corrected chi connectivity index (χ0v) is 18.1. The van der Waals surface area contributed by atoms with Crippen molar-refractivity contribution in [2.75, 3.05) is 0 Å². The second-order valence-electron chi connectivity index (χ2n) is 10.2. The van der Waals surface area contributed by atoms with Gasteiger partial charge in [-0.25, -0.2) is 4.79 Å². The number of benzene rings is 2. The quantitative estimate of drug-likeness (QED) is 0.609. The summed E-state index contributed by atoms with van der Waals surface area (Å²) in [5.74, 6) is -0.400. The van der Waals surface area contributed by atoms with Gasteiger partial charge in [0.1, 0.15) is 0 Å². The summed E-state index contributed by atoms with van der Waals surface area (Å²) in [6.45, 7) is 9.53. The van der Waals surface area contributed by atoms with E-state index < -0.39 is 5.97 Å². The lowest BCUT2D eigenvalue weighted by Crippen LogP contribution is -2.34. The Morgan fingerprint density at radius 1 is 0.966 bits per heavy atom. The fourth-order valence-electron chi connectivity index (χ4n) is 5.18. The van der Waals surface area contributed by atoms with Crippen LogP contribution in [-0.4, -0.2) is 11.1 Å². The summed E-state index contributed by atoms with van der Waals surface area (Å²) in [4.78, 5) is 11.1. The molecule has 2 aromatic carbocycles. The predicted molar refractivity (Wildman–Crippen MR) is 120 cm³/mol. The Kier molecular flexibility index (Phi) is 4.93. The molecule has 1 saturated carbocycles. The second kappa shape index (κ2) is 7.16. The Hall–Kier alpha value is -2.35. The van der Waals surface area contributed by atoms with Gasteiger partial charge in [-0.05, 0) is 77.3 Å². The fourth-order valence-corrected chi connectivity index (χ4v) is 5.18. The van der Waals surface area contributed by atoms with E-state index in [1.54, 1.807) is 12.1 Å². The lowest BCUT2D eigenvalue weighted by Gasteiger charge is -2.42. The molecule has 2 nitrogen and oxygen atoms in total. The number of carboxylic acids is 1. The minimum atomic E-state index is -0.873. The lowest BCUT2D eigenvalue weighted by atomic mass is 9.62. The molecule has 1 fully saturated rings. The summed E-state index contributed by atoms with van der Waals surface area (Å²) in [7, 11) is 0. The summed E-state index contributed by atoms with van der Waals surface area (Å²) in [5, 5.41) is 9.11. The fraction of sp³-hybridized carbons (Fsp3) is 0.444. The van der Waals surface area contributed by atoms with Crippen LogP contribution < -0.4 is 0 Å². The van der Waals surface area contributed by atoms with Crippen molar-refractivity contribution in [3.8, 4) is 0 Å². The summed E-state index contributed by atoms with van der Waals surface area (Å²) in [6.07, 6.45) is 8.29. The van der Waals surface area contributed by atoms with E-state index in [9.17, 15) is 4.79 Å². The van der Waals surface area contributed by atoms with Crippen LogP contribution in [0.15, 0.2) is 48.0 Å². The number of hydrogen-bond acceptors (Lipinski definition) is 1. The molecule has 0 heterocycles. The molecule has 0 saturated heterocycles. The van der Waals surface area contributed by atoms with Crippen molar-refractivity contribution in [2.45, 2.75) is 76.5 Å². The predicted octanol–water partition coefficient (Wildman–Crippen LogP) is 7.08. The number of rotatable bonds is 3. The molecule has 2 aliphatic rings. The molecule has 1 N–H and O–H groups in total. The minimum Gasteiger partial charge on any atom is -0.478 e. The molecule has 1 atom stereocenters. The van der Waals surface area contributed by atoms with Gasteiger partial charge in [0.25, 0.3) is 0 Å². The van der Waals surface area contributed by atoms with E-state index in [2.05, 4.69) is 52.0 Å². The first-order valence-electron chi connectivity index (χ1n) is 10.9. The zero-order valence-electron chi connectivity index (χ0n) is 18.1. The molecule has 1 unspecified atom stereocenters. The summed E-state index contributed by atoms with van der Waals surface area (Å²) in [5.41, 5.74) is 7.89. The van der Waals surface area contributed by atoms with E-state index in [4.69, 9.17) is 5.11 Å². The Morgan fingerprint density at radius 2 is 1.62 bits per heavy atom. The average Bonchev–Trinajstić information content (AvgIpc) is 3.14. The van der Waals surface area contributed by atoms with Gasteiger partial charge >= 0.3 is 5.97 Å². The van der Waals surface area contributed by atoms with E-state index in [1.165, 1.54) is 47.9 Å².